The summed E-state index contributed by atoms with van der Waals surface area (Å²) in [5.74, 6) is 0.930. The lowest BCUT2D eigenvalue weighted by Crippen LogP contribution is -2.11. The average molecular weight is 239 g/mol. The second kappa shape index (κ2) is 4.76. The smallest absolute Gasteiger partial charge is 0.134 e. The topological polar surface area (TPSA) is 60.2 Å². The number of anilines is 2. The van der Waals surface area contributed by atoms with Crippen molar-refractivity contribution in [3.63, 3.8) is 0 Å². The van der Waals surface area contributed by atoms with Crippen LogP contribution in [0, 0.1) is 18.3 Å². The Labute approximate surface area is 106 Å². The molecule has 2 aromatic rings. The van der Waals surface area contributed by atoms with Gasteiger partial charge in [-0.25, -0.2) is 4.98 Å². The highest BCUT2D eigenvalue weighted by atomic mass is 16.3. The molecule has 1 aromatic carbocycles. The number of nitriles is 1. The zero-order valence-electron chi connectivity index (χ0n) is 10.3. The standard InChI is InChI=1S/C14H13N3O/c1-10-7-11(9-15)8-14(16-10)17(2)12-3-5-13(18)6-4-12/h3-8,18H,1-2H3. The Bertz CT molecular complexity index is 599. The number of benzene rings is 1. The van der Waals surface area contributed by atoms with E-state index in [0.717, 1.165) is 11.4 Å². The molecule has 1 aromatic heterocycles. The van der Waals surface area contributed by atoms with Crippen LogP contribution < -0.4 is 4.90 Å². The van der Waals surface area contributed by atoms with Crippen LogP contribution in [-0.4, -0.2) is 17.1 Å². The highest BCUT2D eigenvalue weighted by Crippen LogP contribution is 2.24. The van der Waals surface area contributed by atoms with Crippen molar-refractivity contribution in [3.8, 4) is 11.8 Å². The van der Waals surface area contributed by atoms with Gasteiger partial charge in [0.05, 0.1) is 11.6 Å². The fraction of sp³-hybridized carbons (Fsp3) is 0.143. The van der Waals surface area contributed by atoms with Gasteiger partial charge >= 0.3 is 0 Å². The van der Waals surface area contributed by atoms with Crippen LogP contribution in [0.1, 0.15) is 11.3 Å². The molecule has 0 spiro atoms. The van der Waals surface area contributed by atoms with Crippen molar-refractivity contribution in [2.24, 2.45) is 0 Å². The minimum Gasteiger partial charge on any atom is -0.508 e. The van der Waals surface area contributed by atoms with E-state index in [9.17, 15) is 5.11 Å². The largest absolute Gasteiger partial charge is 0.508 e. The van der Waals surface area contributed by atoms with Crippen molar-refractivity contribution in [2.75, 3.05) is 11.9 Å². The third-order valence-corrected chi connectivity index (χ3v) is 2.65. The van der Waals surface area contributed by atoms with Crippen molar-refractivity contribution in [3.05, 3.63) is 47.7 Å². The molecule has 0 amide bonds. The number of aryl methyl sites for hydroxylation is 1. The Hall–Kier alpha value is -2.54. The van der Waals surface area contributed by atoms with Crippen LogP contribution in [0.15, 0.2) is 36.4 Å². The molecular formula is C14H13N3O. The first-order valence-electron chi connectivity index (χ1n) is 5.51. The number of aromatic hydroxyl groups is 1. The van der Waals surface area contributed by atoms with Crippen LogP contribution in [0.2, 0.25) is 0 Å². The van der Waals surface area contributed by atoms with E-state index in [-0.39, 0.29) is 5.75 Å². The summed E-state index contributed by atoms with van der Waals surface area (Å²) in [6.45, 7) is 1.86. The lowest BCUT2D eigenvalue weighted by atomic mass is 10.2. The minimum absolute atomic E-state index is 0.224. The van der Waals surface area contributed by atoms with Gasteiger partial charge in [0.25, 0.3) is 0 Å². The van der Waals surface area contributed by atoms with Crippen LogP contribution in [0.3, 0.4) is 0 Å². The molecule has 90 valence electrons. The maximum absolute atomic E-state index is 9.26. The summed E-state index contributed by atoms with van der Waals surface area (Å²) in [7, 11) is 1.87. The number of phenols is 1. The Kier molecular flexibility index (Phi) is 3.16. The predicted molar refractivity (Wildman–Crippen MR) is 69.9 cm³/mol. The van der Waals surface area contributed by atoms with Gasteiger partial charge in [0.15, 0.2) is 0 Å². The van der Waals surface area contributed by atoms with E-state index < -0.39 is 0 Å². The van der Waals surface area contributed by atoms with Crippen LogP contribution in [0.5, 0.6) is 5.75 Å². The van der Waals surface area contributed by atoms with E-state index in [2.05, 4.69) is 11.1 Å². The quantitative estimate of drug-likeness (QED) is 0.875. The highest BCUT2D eigenvalue weighted by molar-refractivity contribution is 5.61. The number of aromatic nitrogens is 1. The van der Waals surface area contributed by atoms with E-state index >= 15 is 0 Å². The van der Waals surface area contributed by atoms with Crippen LogP contribution in [0.4, 0.5) is 11.5 Å². The third kappa shape index (κ3) is 2.41. The second-order valence-corrected chi connectivity index (χ2v) is 4.04. The van der Waals surface area contributed by atoms with Crippen molar-refractivity contribution in [1.29, 1.82) is 5.26 Å². The van der Waals surface area contributed by atoms with Gasteiger partial charge in [-0.05, 0) is 43.3 Å². The molecular weight excluding hydrogens is 226 g/mol. The molecule has 2 rings (SSSR count). The summed E-state index contributed by atoms with van der Waals surface area (Å²) in [5.41, 5.74) is 2.28. The van der Waals surface area contributed by atoms with Crippen molar-refractivity contribution in [1.82, 2.24) is 4.98 Å². The molecule has 0 saturated heterocycles. The van der Waals surface area contributed by atoms with Crippen molar-refractivity contribution < 1.29 is 5.11 Å². The Morgan fingerprint density at radius 3 is 2.50 bits per heavy atom. The molecule has 1 heterocycles. The van der Waals surface area contributed by atoms with Gasteiger partial charge in [-0.3, -0.25) is 0 Å². The minimum atomic E-state index is 0.224. The summed E-state index contributed by atoms with van der Waals surface area (Å²) in [6, 6.07) is 12.4. The van der Waals surface area contributed by atoms with E-state index in [1.807, 2.05) is 18.9 Å². The van der Waals surface area contributed by atoms with Gasteiger partial charge in [-0.1, -0.05) is 0 Å². The number of hydrogen-bond acceptors (Lipinski definition) is 4. The SMILES string of the molecule is Cc1cc(C#N)cc(N(C)c2ccc(O)cc2)n1. The molecule has 0 aliphatic carbocycles. The van der Waals surface area contributed by atoms with E-state index in [1.54, 1.807) is 36.4 Å². The van der Waals surface area contributed by atoms with Gasteiger partial charge in [-0.15, -0.1) is 0 Å². The average Bonchev–Trinajstić information content (AvgIpc) is 2.38. The molecule has 0 radical (unpaired) electrons. The fourth-order valence-electron chi connectivity index (χ4n) is 1.70. The van der Waals surface area contributed by atoms with Gasteiger partial charge in [0.1, 0.15) is 11.6 Å². The Balaban J connectivity index is 2.39. The first kappa shape index (κ1) is 11.9. The third-order valence-electron chi connectivity index (χ3n) is 2.65. The zero-order chi connectivity index (χ0) is 13.1. The second-order valence-electron chi connectivity index (χ2n) is 4.04. The van der Waals surface area contributed by atoms with Crippen molar-refractivity contribution >= 4 is 11.5 Å². The summed E-state index contributed by atoms with van der Waals surface area (Å²) in [5, 5.41) is 18.2. The van der Waals surface area contributed by atoms with Gasteiger partial charge in [-0.2, -0.15) is 5.26 Å². The molecule has 0 unspecified atom stereocenters. The monoisotopic (exact) mass is 239 g/mol. The maximum Gasteiger partial charge on any atom is 0.134 e. The van der Waals surface area contributed by atoms with Crippen LogP contribution in [-0.2, 0) is 0 Å². The summed E-state index contributed by atoms with van der Waals surface area (Å²) in [4.78, 5) is 6.26. The predicted octanol–water partition coefficient (Wildman–Crippen LogP) is 2.74. The lowest BCUT2D eigenvalue weighted by molar-refractivity contribution is 0.475. The summed E-state index contributed by atoms with van der Waals surface area (Å²) < 4.78 is 0. The Morgan fingerprint density at radius 1 is 1.22 bits per heavy atom. The molecule has 4 nitrogen and oxygen atoms in total. The molecule has 0 atom stereocenters. The number of rotatable bonds is 2. The molecule has 0 fully saturated rings. The zero-order valence-corrected chi connectivity index (χ0v) is 10.3. The lowest BCUT2D eigenvalue weighted by Gasteiger charge is -2.19. The van der Waals surface area contributed by atoms with Gasteiger partial charge in [0.2, 0.25) is 0 Å². The molecule has 0 saturated carbocycles. The number of pyridine rings is 1. The molecule has 0 aliphatic rings. The van der Waals surface area contributed by atoms with E-state index in [1.165, 1.54) is 0 Å². The molecule has 0 aliphatic heterocycles. The summed E-state index contributed by atoms with van der Waals surface area (Å²) in [6.07, 6.45) is 0. The van der Waals surface area contributed by atoms with Gasteiger partial charge in [0, 0.05) is 18.4 Å². The number of hydrogen-bond donors (Lipinski definition) is 1. The number of nitrogens with zero attached hydrogens (tertiary/aromatic N) is 3. The molecule has 4 heteroatoms. The van der Waals surface area contributed by atoms with Crippen LogP contribution >= 0.6 is 0 Å². The Morgan fingerprint density at radius 2 is 1.89 bits per heavy atom. The first-order valence-corrected chi connectivity index (χ1v) is 5.51. The van der Waals surface area contributed by atoms with Gasteiger partial charge < -0.3 is 10.0 Å². The molecule has 1 N–H and O–H groups in total. The normalized spacial score (nSPS) is 9.83. The van der Waals surface area contributed by atoms with E-state index in [0.29, 0.717) is 11.4 Å². The highest BCUT2D eigenvalue weighted by Gasteiger charge is 2.07. The van der Waals surface area contributed by atoms with E-state index in [4.69, 9.17) is 5.26 Å². The van der Waals surface area contributed by atoms with Crippen LogP contribution in [0.25, 0.3) is 0 Å². The maximum atomic E-state index is 9.26. The van der Waals surface area contributed by atoms with Crippen molar-refractivity contribution in [2.45, 2.75) is 6.92 Å². The molecule has 0 bridgehead atoms. The molecule has 18 heavy (non-hydrogen) atoms. The number of phenolic OH excluding ortho intramolecular Hbond substituents is 1. The fourth-order valence-corrected chi connectivity index (χ4v) is 1.70. The first-order chi connectivity index (χ1) is 8.60. The summed E-state index contributed by atoms with van der Waals surface area (Å²) >= 11 is 0.